The van der Waals surface area contributed by atoms with Gasteiger partial charge >= 0.3 is 0 Å². The molecule has 1 amide bonds. The molecule has 0 spiro atoms. The van der Waals surface area contributed by atoms with E-state index in [1.165, 1.54) is 6.92 Å². The van der Waals surface area contributed by atoms with Gasteiger partial charge in [-0.05, 0) is 19.8 Å². The van der Waals surface area contributed by atoms with E-state index in [2.05, 4.69) is 5.32 Å². The van der Waals surface area contributed by atoms with Gasteiger partial charge in [-0.3, -0.25) is 9.59 Å². The van der Waals surface area contributed by atoms with E-state index in [9.17, 15) is 9.59 Å². The van der Waals surface area contributed by atoms with E-state index in [0.717, 1.165) is 12.8 Å². The molecule has 1 aliphatic carbocycles. The average molecular weight is 185 g/mol. The van der Waals surface area contributed by atoms with Crippen LogP contribution in [0, 0.1) is 0 Å². The van der Waals surface area contributed by atoms with Crippen LogP contribution < -0.4 is 5.32 Å². The fourth-order valence-corrected chi connectivity index (χ4v) is 1.38. The maximum Gasteiger partial charge on any atom is 0.227 e. The number of carbonyl (C=O) groups excluding carboxylic acids is 2. The first-order chi connectivity index (χ1) is 6.11. The fraction of sp³-hybridized carbons (Fsp3) is 0.778. The van der Waals surface area contributed by atoms with E-state index >= 15 is 0 Å². The maximum absolute atomic E-state index is 11.1. The molecule has 1 fully saturated rings. The molecule has 74 valence electrons. The second-order valence-corrected chi connectivity index (χ2v) is 3.47. The minimum absolute atomic E-state index is 0.00580. The Morgan fingerprint density at radius 3 is 2.54 bits per heavy atom. The first-order valence-corrected chi connectivity index (χ1v) is 4.43. The van der Waals surface area contributed by atoms with Crippen molar-refractivity contribution in [3.8, 4) is 0 Å². The molecular weight excluding hydrogens is 170 g/mol. The molecule has 0 saturated heterocycles. The third-order valence-electron chi connectivity index (χ3n) is 2.20. The van der Waals surface area contributed by atoms with Gasteiger partial charge in [0.15, 0.2) is 0 Å². The van der Waals surface area contributed by atoms with Crippen molar-refractivity contribution in [2.45, 2.75) is 38.3 Å². The summed E-state index contributed by atoms with van der Waals surface area (Å²) < 4.78 is 5.06. The van der Waals surface area contributed by atoms with E-state index in [-0.39, 0.29) is 30.3 Å². The van der Waals surface area contributed by atoms with Crippen LogP contribution in [-0.2, 0) is 14.3 Å². The Hall–Kier alpha value is -0.900. The number of hydrogen-bond donors (Lipinski definition) is 1. The normalized spacial score (nSPS) is 26.3. The highest BCUT2D eigenvalue weighted by molar-refractivity contribution is 5.96. The van der Waals surface area contributed by atoms with Gasteiger partial charge < -0.3 is 10.1 Å². The van der Waals surface area contributed by atoms with E-state index in [1.54, 1.807) is 7.11 Å². The summed E-state index contributed by atoms with van der Waals surface area (Å²) in [4.78, 5) is 21.7. The van der Waals surface area contributed by atoms with Gasteiger partial charge in [-0.15, -0.1) is 0 Å². The third kappa shape index (κ3) is 3.14. The second-order valence-electron chi connectivity index (χ2n) is 3.47. The molecule has 0 heterocycles. The van der Waals surface area contributed by atoms with Crippen LogP contribution in [-0.4, -0.2) is 30.9 Å². The number of rotatable bonds is 4. The van der Waals surface area contributed by atoms with Crippen molar-refractivity contribution in [3.63, 3.8) is 0 Å². The van der Waals surface area contributed by atoms with Crippen LogP contribution in [0.1, 0.15) is 26.2 Å². The van der Waals surface area contributed by atoms with Crippen molar-refractivity contribution >= 4 is 11.7 Å². The SMILES string of the molecule is COC1CC(NC(=O)CC(C)=O)C1. The summed E-state index contributed by atoms with van der Waals surface area (Å²) >= 11 is 0. The van der Waals surface area contributed by atoms with Crippen LogP contribution in [0.3, 0.4) is 0 Å². The van der Waals surface area contributed by atoms with Crippen molar-refractivity contribution in [2.24, 2.45) is 0 Å². The van der Waals surface area contributed by atoms with Crippen LogP contribution in [0.2, 0.25) is 0 Å². The monoisotopic (exact) mass is 185 g/mol. The lowest BCUT2D eigenvalue weighted by molar-refractivity contribution is -0.128. The van der Waals surface area contributed by atoms with E-state index < -0.39 is 0 Å². The number of ketones is 1. The highest BCUT2D eigenvalue weighted by Crippen LogP contribution is 2.22. The maximum atomic E-state index is 11.1. The lowest BCUT2D eigenvalue weighted by Crippen LogP contribution is -2.47. The highest BCUT2D eigenvalue weighted by Gasteiger charge is 2.29. The quantitative estimate of drug-likeness (QED) is 0.639. The Morgan fingerprint density at radius 2 is 2.08 bits per heavy atom. The van der Waals surface area contributed by atoms with Gasteiger partial charge in [0, 0.05) is 13.2 Å². The molecule has 0 aliphatic heterocycles. The Bertz CT molecular complexity index is 209. The molecule has 0 unspecified atom stereocenters. The first-order valence-electron chi connectivity index (χ1n) is 4.43. The molecule has 4 nitrogen and oxygen atoms in total. The van der Waals surface area contributed by atoms with Crippen LogP contribution in [0.4, 0.5) is 0 Å². The van der Waals surface area contributed by atoms with Gasteiger partial charge in [0.1, 0.15) is 5.78 Å². The molecule has 4 heteroatoms. The number of nitrogens with one attached hydrogen (secondary N) is 1. The van der Waals surface area contributed by atoms with Crippen LogP contribution in [0.15, 0.2) is 0 Å². The predicted molar refractivity (Wildman–Crippen MR) is 47.3 cm³/mol. The summed E-state index contributed by atoms with van der Waals surface area (Å²) in [5.74, 6) is -0.271. The number of Topliss-reactive ketones (excluding diaryl/α,β-unsaturated/α-hetero) is 1. The number of hydrogen-bond acceptors (Lipinski definition) is 3. The van der Waals surface area contributed by atoms with Crippen LogP contribution in [0.25, 0.3) is 0 Å². The Kier molecular flexibility index (Phi) is 3.42. The molecule has 1 saturated carbocycles. The smallest absolute Gasteiger partial charge is 0.227 e. The number of amides is 1. The summed E-state index contributed by atoms with van der Waals surface area (Å²) in [5, 5.41) is 2.77. The zero-order valence-electron chi connectivity index (χ0n) is 8.00. The third-order valence-corrected chi connectivity index (χ3v) is 2.20. The minimum atomic E-state index is -0.174. The van der Waals surface area contributed by atoms with Crippen molar-refractivity contribution in [3.05, 3.63) is 0 Å². The molecule has 1 rings (SSSR count). The average Bonchev–Trinajstić information content (AvgIpc) is 1.94. The minimum Gasteiger partial charge on any atom is -0.381 e. The second kappa shape index (κ2) is 4.37. The highest BCUT2D eigenvalue weighted by atomic mass is 16.5. The molecule has 1 N–H and O–H groups in total. The summed E-state index contributed by atoms with van der Waals surface area (Å²) in [7, 11) is 1.66. The molecule has 0 bridgehead atoms. The van der Waals surface area contributed by atoms with Crippen LogP contribution >= 0.6 is 0 Å². The molecule has 0 aromatic rings. The zero-order chi connectivity index (χ0) is 9.84. The van der Waals surface area contributed by atoms with Crippen molar-refractivity contribution in [2.75, 3.05) is 7.11 Å². The molecule has 0 radical (unpaired) electrons. The van der Waals surface area contributed by atoms with E-state index in [4.69, 9.17) is 4.74 Å². The topological polar surface area (TPSA) is 55.4 Å². The number of ether oxygens (including phenoxy) is 1. The molecule has 0 aromatic carbocycles. The summed E-state index contributed by atoms with van der Waals surface area (Å²) in [5.41, 5.74) is 0. The zero-order valence-corrected chi connectivity index (χ0v) is 8.00. The summed E-state index contributed by atoms with van der Waals surface area (Å²) in [6.45, 7) is 1.41. The van der Waals surface area contributed by atoms with Crippen LogP contribution in [0.5, 0.6) is 0 Å². The van der Waals surface area contributed by atoms with Crippen molar-refractivity contribution in [1.82, 2.24) is 5.32 Å². The van der Waals surface area contributed by atoms with Gasteiger partial charge in [-0.1, -0.05) is 0 Å². The molecule has 0 aromatic heterocycles. The van der Waals surface area contributed by atoms with E-state index in [1.807, 2.05) is 0 Å². The standard InChI is InChI=1S/C9H15NO3/c1-6(11)3-9(12)10-7-4-8(5-7)13-2/h7-8H,3-5H2,1-2H3,(H,10,12). The summed E-state index contributed by atoms with van der Waals surface area (Å²) in [6, 6.07) is 0.205. The molecule has 1 aliphatic rings. The number of methoxy groups -OCH3 is 1. The van der Waals surface area contributed by atoms with Crippen molar-refractivity contribution in [1.29, 1.82) is 0 Å². The summed E-state index contributed by atoms with van der Waals surface area (Å²) in [6.07, 6.45) is 2.00. The van der Waals surface area contributed by atoms with Gasteiger partial charge in [0.05, 0.1) is 12.5 Å². The Balaban J connectivity index is 2.13. The lowest BCUT2D eigenvalue weighted by Gasteiger charge is -2.34. The van der Waals surface area contributed by atoms with Gasteiger partial charge in [-0.25, -0.2) is 0 Å². The Labute approximate surface area is 77.6 Å². The van der Waals surface area contributed by atoms with Gasteiger partial charge in [-0.2, -0.15) is 0 Å². The molecule has 13 heavy (non-hydrogen) atoms. The molecule has 0 atom stereocenters. The largest absolute Gasteiger partial charge is 0.381 e. The van der Waals surface area contributed by atoms with Gasteiger partial charge in [0.2, 0.25) is 5.91 Å². The van der Waals surface area contributed by atoms with Gasteiger partial charge in [0.25, 0.3) is 0 Å². The first kappa shape index (κ1) is 10.2. The molecular formula is C9H15NO3. The Morgan fingerprint density at radius 1 is 1.46 bits per heavy atom. The predicted octanol–water partition coefficient (Wildman–Crippen LogP) is 0.259. The van der Waals surface area contributed by atoms with E-state index in [0.29, 0.717) is 0 Å². The van der Waals surface area contributed by atoms with Crippen molar-refractivity contribution < 1.29 is 14.3 Å². The number of carbonyl (C=O) groups is 2. The lowest BCUT2D eigenvalue weighted by atomic mass is 9.89. The fourth-order valence-electron chi connectivity index (χ4n) is 1.38.